The molecule has 1 N–H and O–H groups in total. The van der Waals surface area contributed by atoms with Crippen molar-refractivity contribution < 1.29 is 0 Å². The van der Waals surface area contributed by atoms with Crippen LogP contribution in [0.3, 0.4) is 0 Å². The van der Waals surface area contributed by atoms with Gasteiger partial charge in [-0.15, -0.1) is 0 Å². The molecule has 1 aromatic heterocycles. The highest BCUT2D eigenvalue weighted by Gasteiger charge is 2.17. The number of halogens is 2. The molecule has 5 heteroatoms. The van der Waals surface area contributed by atoms with Crippen molar-refractivity contribution in [2.24, 2.45) is 0 Å². The molecule has 3 nitrogen and oxygen atoms in total. The predicted octanol–water partition coefficient (Wildman–Crippen LogP) is 3.52. The summed E-state index contributed by atoms with van der Waals surface area (Å²) in [7, 11) is 1.91. The zero-order valence-electron chi connectivity index (χ0n) is 10.3. The summed E-state index contributed by atoms with van der Waals surface area (Å²) in [5.74, 6) is 0. The molecule has 1 aromatic carbocycles. The first-order chi connectivity index (χ1) is 8.65. The summed E-state index contributed by atoms with van der Waals surface area (Å²) in [6, 6.07) is 7.60. The summed E-state index contributed by atoms with van der Waals surface area (Å²) in [6.45, 7) is 2.89. The molecular weight excluding hydrogens is 269 g/mol. The highest BCUT2D eigenvalue weighted by molar-refractivity contribution is 6.34. The van der Waals surface area contributed by atoms with Gasteiger partial charge in [-0.05, 0) is 43.8 Å². The Hall–Kier alpha value is -1.03. The van der Waals surface area contributed by atoms with Gasteiger partial charge in [-0.1, -0.05) is 23.2 Å². The van der Waals surface area contributed by atoms with Crippen molar-refractivity contribution in [3.05, 3.63) is 51.8 Å². The van der Waals surface area contributed by atoms with Crippen LogP contribution in [0.4, 0.5) is 0 Å². The first-order valence-electron chi connectivity index (χ1n) is 5.80. The minimum atomic E-state index is 0.0312. The number of aromatic nitrogens is 2. The summed E-state index contributed by atoms with van der Waals surface area (Å²) in [4.78, 5) is 0. The van der Waals surface area contributed by atoms with Gasteiger partial charge in [-0.3, -0.25) is 4.68 Å². The second kappa shape index (κ2) is 5.74. The maximum absolute atomic E-state index is 6.05. The van der Waals surface area contributed by atoms with Crippen molar-refractivity contribution in [3.8, 4) is 0 Å². The van der Waals surface area contributed by atoms with Crippen molar-refractivity contribution in [1.82, 2.24) is 15.1 Å². The number of hydrogen-bond donors (Lipinski definition) is 1. The van der Waals surface area contributed by atoms with Crippen LogP contribution < -0.4 is 5.32 Å². The quantitative estimate of drug-likeness (QED) is 0.931. The van der Waals surface area contributed by atoms with E-state index in [1.165, 1.54) is 0 Å². The summed E-state index contributed by atoms with van der Waals surface area (Å²) in [5.41, 5.74) is 2.13. The second-order valence-corrected chi connectivity index (χ2v) is 4.87. The normalized spacial score (nSPS) is 12.7. The zero-order valence-corrected chi connectivity index (χ0v) is 11.8. The van der Waals surface area contributed by atoms with E-state index in [0.717, 1.165) is 17.8 Å². The van der Waals surface area contributed by atoms with E-state index in [-0.39, 0.29) is 6.04 Å². The molecule has 0 aliphatic heterocycles. The molecule has 0 bridgehead atoms. The lowest BCUT2D eigenvalue weighted by molar-refractivity contribution is 0.563. The predicted molar refractivity (Wildman–Crippen MR) is 75.3 cm³/mol. The Morgan fingerprint density at radius 2 is 1.94 bits per heavy atom. The smallest absolute Gasteiger partial charge is 0.0746 e. The fraction of sp³-hybridized carbons (Fsp3) is 0.308. The molecule has 0 aliphatic carbocycles. The van der Waals surface area contributed by atoms with Gasteiger partial charge in [-0.25, -0.2) is 0 Å². The van der Waals surface area contributed by atoms with Crippen LogP contribution >= 0.6 is 23.2 Å². The van der Waals surface area contributed by atoms with E-state index >= 15 is 0 Å². The molecule has 0 saturated heterocycles. The molecule has 0 amide bonds. The fourth-order valence-electron chi connectivity index (χ4n) is 2.08. The number of benzene rings is 1. The third-order valence-electron chi connectivity index (χ3n) is 2.85. The van der Waals surface area contributed by atoms with Gasteiger partial charge in [0.25, 0.3) is 0 Å². The minimum absolute atomic E-state index is 0.0312. The minimum Gasteiger partial charge on any atom is -0.308 e. The van der Waals surface area contributed by atoms with Crippen molar-refractivity contribution in [3.63, 3.8) is 0 Å². The lowest BCUT2D eigenvalue weighted by Crippen LogP contribution is -2.21. The lowest BCUT2D eigenvalue weighted by atomic mass is 10.0. The van der Waals surface area contributed by atoms with Gasteiger partial charge in [0.2, 0.25) is 0 Å². The van der Waals surface area contributed by atoms with Crippen LogP contribution in [0.1, 0.15) is 24.2 Å². The maximum Gasteiger partial charge on any atom is 0.0746 e. The van der Waals surface area contributed by atoms with Crippen LogP contribution in [-0.4, -0.2) is 16.8 Å². The van der Waals surface area contributed by atoms with Crippen LogP contribution in [0, 0.1) is 0 Å². The van der Waals surface area contributed by atoms with Crippen molar-refractivity contribution >= 4 is 23.2 Å². The van der Waals surface area contributed by atoms with Crippen molar-refractivity contribution in [2.75, 3.05) is 7.05 Å². The Balaban J connectivity index is 2.45. The van der Waals surface area contributed by atoms with Gasteiger partial charge < -0.3 is 5.32 Å². The Morgan fingerprint density at radius 1 is 1.28 bits per heavy atom. The topological polar surface area (TPSA) is 29.9 Å². The Kier molecular flexibility index (Phi) is 4.27. The third kappa shape index (κ3) is 2.69. The molecule has 96 valence electrons. The first-order valence-corrected chi connectivity index (χ1v) is 6.56. The first kappa shape index (κ1) is 13.4. The maximum atomic E-state index is 6.05. The summed E-state index contributed by atoms with van der Waals surface area (Å²) in [5, 5.41) is 8.83. The van der Waals surface area contributed by atoms with Gasteiger partial charge in [0.15, 0.2) is 0 Å². The molecule has 0 radical (unpaired) electrons. The van der Waals surface area contributed by atoms with Gasteiger partial charge in [0.1, 0.15) is 0 Å². The van der Waals surface area contributed by atoms with E-state index in [2.05, 4.69) is 17.3 Å². The van der Waals surface area contributed by atoms with E-state index in [9.17, 15) is 0 Å². The van der Waals surface area contributed by atoms with E-state index in [4.69, 9.17) is 23.2 Å². The summed E-state index contributed by atoms with van der Waals surface area (Å²) in [6.07, 6.45) is 1.80. The number of rotatable bonds is 4. The molecule has 1 heterocycles. The summed E-state index contributed by atoms with van der Waals surface area (Å²) < 4.78 is 1.95. The number of nitrogens with zero attached hydrogens (tertiary/aromatic N) is 2. The van der Waals surface area contributed by atoms with Gasteiger partial charge in [-0.2, -0.15) is 5.10 Å². The monoisotopic (exact) mass is 283 g/mol. The highest BCUT2D eigenvalue weighted by Crippen LogP contribution is 2.27. The van der Waals surface area contributed by atoms with Crippen molar-refractivity contribution in [1.29, 1.82) is 0 Å². The summed E-state index contributed by atoms with van der Waals surface area (Å²) >= 11 is 12.1. The van der Waals surface area contributed by atoms with Gasteiger partial charge in [0, 0.05) is 22.8 Å². The molecule has 2 rings (SSSR count). The molecule has 0 saturated carbocycles. The number of nitrogens with one attached hydrogen (secondary N) is 1. The van der Waals surface area contributed by atoms with Crippen LogP contribution in [0.2, 0.25) is 10.0 Å². The van der Waals surface area contributed by atoms with Crippen LogP contribution in [0.5, 0.6) is 0 Å². The zero-order chi connectivity index (χ0) is 13.1. The largest absolute Gasteiger partial charge is 0.308 e. The third-order valence-corrected chi connectivity index (χ3v) is 3.29. The van der Waals surface area contributed by atoms with E-state index in [1.54, 1.807) is 12.3 Å². The molecule has 0 spiro atoms. The van der Waals surface area contributed by atoms with Crippen LogP contribution in [0.25, 0.3) is 0 Å². The molecule has 1 atom stereocenters. The standard InChI is InChI=1S/C13H15Cl2N3/c1-3-18-12(4-5-17-18)13(16-2)9-6-10(14)8-11(15)7-9/h4-8,13,16H,3H2,1-2H3. The van der Waals surface area contributed by atoms with E-state index in [1.807, 2.05) is 29.9 Å². The average Bonchev–Trinajstić information content (AvgIpc) is 2.77. The fourth-order valence-corrected chi connectivity index (χ4v) is 2.62. The Bertz CT molecular complexity index is 517. The number of aryl methyl sites for hydroxylation is 1. The van der Waals surface area contributed by atoms with Crippen molar-refractivity contribution in [2.45, 2.75) is 19.5 Å². The average molecular weight is 284 g/mol. The second-order valence-electron chi connectivity index (χ2n) is 4.00. The highest BCUT2D eigenvalue weighted by atomic mass is 35.5. The molecule has 1 unspecified atom stereocenters. The Labute approximate surface area is 117 Å². The Morgan fingerprint density at radius 3 is 2.50 bits per heavy atom. The molecule has 2 aromatic rings. The van der Waals surface area contributed by atoms with E-state index in [0.29, 0.717) is 10.0 Å². The molecule has 0 fully saturated rings. The lowest BCUT2D eigenvalue weighted by Gasteiger charge is -2.18. The molecule has 0 aliphatic rings. The number of hydrogen-bond acceptors (Lipinski definition) is 2. The SMILES string of the molecule is CCn1nccc1C(NC)c1cc(Cl)cc(Cl)c1. The van der Waals surface area contributed by atoms with Gasteiger partial charge in [0.05, 0.1) is 11.7 Å². The molecule has 18 heavy (non-hydrogen) atoms. The van der Waals surface area contributed by atoms with Crippen LogP contribution in [0.15, 0.2) is 30.5 Å². The molecular formula is C13H15Cl2N3. The van der Waals surface area contributed by atoms with Crippen LogP contribution in [-0.2, 0) is 6.54 Å². The van der Waals surface area contributed by atoms with E-state index < -0.39 is 0 Å². The van der Waals surface area contributed by atoms with Gasteiger partial charge >= 0.3 is 0 Å².